The van der Waals surface area contributed by atoms with Gasteiger partial charge in [-0.1, -0.05) is 36.4 Å². The van der Waals surface area contributed by atoms with E-state index in [0.717, 1.165) is 22.1 Å². The molecule has 0 saturated carbocycles. The summed E-state index contributed by atoms with van der Waals surface area (Å²) in [6.07, 6.45) is 1.11. The molecule has 0 bridgehead atoms. The molecule has 3 nitrogen and oxygen atoms in total. The lowest BCUT2D eigenvalue weighted by atomic mass is 10.1. The van der Waals surface area contributed by atoms with E-state index < -0.39 is 6.10 Å². The highest BCUT2D eigenvalue weighted by molar-refractivity contribution is 5.88. The van der Waals surface area contributed by atoms with Crippen LogP contribution in [0.25, 0.3) is 10.8 Å². The Kier molecular flexibility index (Phi) is 3.35. The van der Waals surface area contributed by atoms with Crippen LogP contribution in [0, 0.1) is 0 Å². The first-order valence-electron chi connectivity index (χ1n) is 6.54. The van der Waals surface area contributed by atoms with Crippen LogP contribution in [-0.4, -0.2) is 10.1 Å². The highest BCUT2D eigenvalue weighted by Crippen LogP contribution is 2.29. The number of fused-ring (bicyclic) bond motifs is 1. The maximum Gasteiger partial charge on any atom is 0.219 e. The first kappa shape index (κ1) is 12.6. The topological polar surface area (TPSA) is 42.4 Å². The van der Waals surface area contributed by atoms with E-state index in [1.165, 1.54) is 0 Å². The highest BCUT2D eigenvalue weighted by Gasteiger charge is 2.05. The van der Waals surface area contributed by atoms with Gasteiger partial charge >= 0.3 is 0 Å². The van der Waals surface area contributed by atoms with E-state index in [4.69, 9.17) is 4.74 Å². The lowest BCUT2D eigenvalue weighted by molar-refractivity contribution is 0.198. The molecule has 0 aliphatic heterocycles. The Morgan fingerprint density at radius 2 is 1.80 bits per heavy atom. The number of rotatable bonds is 3. The van der Waals surface area contributed by atoms with Crippen molar-refractivity contribution in [2.75, 3.05) is 0 Å². The highest BCUT2D eigenvalue weighted by atomic mass is 16.5. The summed E-state index contributed by atoms with van der Waals surface area (Å²) in [5, 5.41) is 11.6. The number of pyridine rings is 1. The van der Waals surface area contributed by atoms with Crippen molar-refractivity contribution >= 4 is 10.8 Å². The molecule has 100 valence electrons. The van der Waals surface area contributed by atoms with Gasteiger partial charge in [0.2, 0.25) is 5.88 Å². The Bertz CT molecular complexity index is 715. The molecule has 0 aliphatic carbocycles. The number of hydrogen-bond donors (Lipinski definition) is 1. The van der Waals surface area contributed by atoms with E-state index in [9.17, 15) is 5.11 Å². The third-order valence-corrected chi connectivity index (χ3v) is 3.21. The summed E-state index contributed by atoms with van der Waals surface area (Å²) >= 11 is 0. The third kappa shape index (κ3) is 2.49. The van der Waals surface area contributed by atoms with E-state index in [1.807, 2.05) is 48.5 Å². The lowest BCUT2D eigenvalue weighted by Crippen LogP contribution is -1.94. The molecule has 0 unspecified atom stereocenters. The van der Waals surface area contributed by atoms with Crippen LogP contribution in [0.1, 0.15) is 18.6 Å². The standard InChI is InChI=1S/C17H15NO2/c1-12(19)14-9-10-17(18-11-14)20-16-8-4-6-13-5-2-3-7-15(13)16/h2-12,19H,1H3/t12-/m1/s1. The molecule has 0 saturated heterocycles. The van der Waals surface area contributed by atoms with Crippen LogP contribution in [0.4, 0.5) is 0 Å². The summed E-state index contributed by atoms with van der Waals surface area (Å²) in [6, 6.07) is 17.6. The number of aliphatic hydroxyl groups excluding tert-OH is 1. The van der Waals surface area contributed by atoms with Gasteiger partial charge in [0, 0.05) is 17.6 Å². The Morgan fingerprint density at radius 1 is 1.00 bits per heavy atom. The van der Waals surface area contributed by atoms with Crippen molar-refractivity contribution in [3.05, 3.63) is 66.4 Å². The van der Waals surface area contributed by atoms with Crippen molar-refractivity contribution in [3.8, 4) is 11.6 Å². The fourth-order valence-corrected chi connectivity index (χ4v) is 2.10. The van der Waals surface area contributed by atoms with E-state index in [0.29, 0.717) is 5.88 Å². The second-order valence-electron chi connectivity index (χ2n) is 4.69. The normalized spacial score (nSPS) is 12.3. The van der Waals surface area contributed by atoms with Crippen LogP contribution < -0.4 is 4.74 Å². The third-order valence-electron chi connectivity index (χ3n) is 3.21. The van der Waals surface area contributed by atoms with Gasteiger partial charge in [-0.2, -0.15) is 0 Å². The Hall–Kier alpha value is -2.39. The van der Waals surface area contributed by atoms with Crippen molar-refractivity contribution in [1.82, 2.24) is 4.98 Å². The zero-order valence-corrected chi connectivity index (χ0v) is 11.2. The zero-order chi connectivity index (χ0) is 13.9. The number of nitrogens with zero attached hydrogens (tertiary/aromatic N) is 1. The molecule has 3 rings (SSSR count). The van der Waals surface area contributed by atoms with Crippen LogP contribution in [0.15, 0.2) is 60.8 Å². The molecule has 3 heteroatoms. The van der Waals surface area contributed by atoms with Crippen LogP contribution >= 0.6 is 0 Å². The van der Waals surface area contributed by atoms with Gasteiger partial charge < -0.3 is 9.84 Å². The average Bonchev–Trinajstić information content (AvgIpc) is 2.48. The van der Waals surface area contributed by atoms with Crippen molar-refractivity contribution in [2.45, 2.75) is 13.0 Å². The van der Waals surface area contributed by atoms with Gasteiger partial charge in [-0.25, -0.2) is 4.98 Å². The summed E-state index contributed by atoms with van der Waals surface area (Å²) < 4.78 is 5.83. The van der Waals surface area contributed by atoms with Gasteiger partial charge in [-0.05, 0) is 30.0 Å². The van der Waals surface area contributed by atoms with Crippen LogP contribution in [0.2, 0.25) is 0 Å². The molecule has 1 aromatic heterocycles. The molecule has 0 fully saturated rings. The van der Waals surface area contributed by atoms with E-state index >= 15 is 0 Å². The van der Waals surface area contributed by atoms with Gasteiger partial charge in [0.15, 0.2) is 0 Å². The maximum absolute atomic E-state index is 9.46. The molecule has 20 heavy (non-hydrogen) atoms. The predicted octanol–water partition coefficient (Wildman–Crippen LogP) is 4.08. The fraction of sp³-hybridized carbons (Fsp3) is 0.118. The first-order chi connectivity index (χ1) is 9.74. The summed E-state index contributed by atoms with van der Waals surface area (Å²) in [5.74, 6) is 1.30. The SMILES string of the molecule is C[C@@H](O)c1ccc(Oc2cccc3ccccc23)nc1. The van der Waals surface area contributed by atoms with Gasteiger partial charge in [0.05, 0.1) is 6.10 Å². The van der Waals surface area contributed by atoms with Crippen molar-refractivity contribution in [2.24, 2.45) is 0 Å². The largest absolute Gasteiger partial charge is 0.438 e. The number of hydrogen-bond acceptors (Lipinski definition) is 3. The first-order valence-corrected chi connectivity index (χ1v) is 6.54. The molecule has 0 radical (unpaired) electrons. The summed E-state index contributed by atoms with van der Waals surface area (Å²) in [5.41, 5.74) is 0.773. The van der Waals surface area contributed by atoms with Crippen molar-refractivity contribution < 1.29 is 9.84 Å². The lowest BCUT2D eigenvalue weighted by Gasteiger charge is -2.09. The predicted molar refractivity (Wildman–Crippen MR) is 78.9 cm³/mol. The monoisotopic (exact) mass is 265 g/mol. The molecule has 0 aliphatic rings. The number of ether oxygens (including phenoxy) is 1. The van der Waals surface area contributed by atoms with Gasteiger partial charge in [0.1, 0.15) is 5.75 Å². The smallest absolute Gasteiger partial charge is 0.219 e. The minimum absolute atomic E-state index is 0.519. The molecule has 0 amide bonds. The molecule has 0 spiro atoms. The molecule has 2 aromatic carbocycles. The zero-order valence-electron chi connectivity index (χ0n) is 11.2. The second kappa shape index (κ2) is 5.31. The Morgan fingerprint density at radius 3 is 2.55 bits per heavy atom. The van der Waals surface area contributed by atoms with Gasteiger partial charge in [-0.15, -0.1) is 0 Å². The minimum Gasteiger partial charge on any atom is -0.438 e. The van der Waals surface area contributed by atoms with E-state index in [1.54, 1.807) is 19.2 Å². The average molecular weight is 265 g/mol. The molecule has 1 atom stereocenters. The van der Waals surface area contributed by atoms with Crippen LogP contribution in [-0.2, 0) is 0 Å². The van der Waals surface area contributed by atoms with E-state index in [2.05, 4.69) is 4.98 Å². The summed E-state index contributed by atoms with van der Waals surface area (Å²) in [6.45, 7) is 1.71. The Balaban J connectivity index is 1.93. The summed E-state index contributed by atoms with van der Waals surface area (Å²) in [7, 11) is 0. The fourth-order valence-electron chi connectivity index (χ4n) is 2.10. The molecular formula is C17H15NO2. The minimum atomic E-state index is -0.519. The van der Waals surface area contributed by atoms with Crippen LogP contribution in [0.5, 0.6) is 11.6 Å². The number of aliphatic hydroxyl groups is 1. The molecule has 3 aromatic rings. The molecule has 1 N–H and O–H groups in total. The van der Waals surface area contributed by atoms with Crippen LogP contribution in [0.3, 0.4) is 0 Å². The quantitative estimate of drug-likeness (QED) is 0.775. The van der Waals surface area contributed by atoms with Gasteiger partial charge in [0.25, 0.3) is 0 Å². The van der Waals surface area contributed by atoms with E-state index in [-0.39, 0.29) is 0 Å². The number of benzene rings is 2. The molecule has 1 heterocycles. The van der Waals surface area contributed by atoms with Crippen molar-refractivity contribution in [3.63, 3.8) is 0 Å². The molecular weight excluding hydrogens is 250 g/mol. The number of aromatic nitrogens is 1. The van der Waals surface area contributed by atoms with Gasteiger partial charge in [-0.3, -0.25) is 0 Å². The second-order valence-corrected chi connectivity index (χ2v) is 4.69. The van der Waals surface area contributed by atoms with Crippen molar-refractivity contribution in [1.29, 1.82) is 0 Å². The maximum atomic E-state index is 9.46. The summed E-state index contributed by atoms with van der Waals surface area (Å²) in [4.78, 5) is 4.22. The Labute approximate surface area is 117 Å².